The molecule has 1 saturated carbocycles. The highest BCUT2D eigenvalue weighted by molar-refractivity contribution is 4.93. The Morgan fingerprint density at radius 1 is 0.786 bits per heavy atom. The van der Waals surface area contributed by atoms with Crippen LogP contribution in [0.5, 0.6) is 0 Å². The van der Waals surface area contributed by atoms with Crippen LogP contribution >= 0.6 is 0 Å². The van der Waals surface area contributed by atoms with Gasteiger partial charge in [-0.2, -0.15) is 0 Å². The fraction of sp³-hybridized carbons (Fsp3) is 1.00. The first-order valence-electron chi connectivity index (χ1n) is 6.42. The summed E-state index contributed by atoms with van der Waals surface area (Å²) in [6.45, 7) is 2.67. The second kappa shape index (κ2) is 3.82. The normalized spacial score (nSPS) is 40.3. The number of likely N-dealkylation sites (tertiary alicyclic amines) is 1. The molecule has 3 aliphatic rings. The number of fused-ring (bicyclic) bond motifs is 2. The smallest absolute Gasteiger partial charge is 0.0198 e. The van der Waals surface area contributed by atoms with Crippen LogP contribution in [0.4, 0.5) is 0 Å². The first-order valence-corrected chi connectivity index (χ1v) is 6.42. The fourth-order valence-electron chi connectivity index (χ4n) is 3.61. The van der Waals surface area contributed by atoms with Crippen molar-refractivity contribution in [1.29, 1.82) is 0 Å². The van der Waals surface area contributed by atoms with Crippen LogP contribution in [-0.2, 0) is 0 Å². The van der Waals surface area contributed by atoms with Gasteiger partial charge in [0.05, 0.1) is 0 Å². The molecule has 0 aromatic carbocycles. The molecule has 14 heavy (non-hydrogen) atoms. The highest BCUT2D eigenvalue weighted by Crippen LogP contribution is 2.28. The molecule has 80 valence electrons. The zero-order chi connectivity index (χ0) is 9.38. The predicted molar refractivity (Wildman–Crippen MR) is 58.4 cm³/mol. The number of nitrogens with one attached hydrogen (secondary N) is 1. The van der Waals surface area contributed by atoms with Gasteiger partial charge in [0.15, 0.2) is 0 Å². The Kier molecular flexibility index (Phi) is 2.50. The number of nitrogens with zero attached hydrogens (tertiary/aromatic N) is 1. The largest absolute Gasteiger partial charge is 0.309 e. The summed E-state index contributed by atoms with van der Waals surface area (Å²) in [5, 5.41) is 3.76. The van der Waals surface area contributed by atoms with Crippen LogP contribution in [0, 0.1) is 0 Å². The molecule has 2 heterocycles. The van der Waals surface area contributed by atoms with Gasteiger partial charge in [-0.1, -0.05) is 19.3 Å². The second-order valence-electron chi connectivity index (χ2n) is 5.38. The van der Waals surface area contributed by atoms with Crippen molar-refractivity contribution in [2.75, 3.05) is 13.1 Å². The minimum Gasteiger partial charge on any atom is -0.309 e. The van der Waals surface area contributed by atoms with E-state index in [1.807, 2.05) is 0 Å². The number of rotatable bonds is 1. The molecule has 2 saturated heterocycles. The molecule has 0 radical (unpaired) electrons. The van der Waals surface area contributed by atoms with E-state index in [9.17, 15) is 0 Å². The van der Waals surface area contributed by atoms with Gasteiger partial charge in [-0.3, -0.25) is 4.90 Å². The Balaban J connectivity index is 1.64. The summed E-state index contributed by atoms with van der Waals surface area (Å²) in [7, 11) is 0. The maximum atomic E-state index is 3.76. The second-order valence-corrected chi connectivity index (χ2v) is 5.38. The molecule has 3 rings (SSSR count). The third-order valence-corrected chi connectivity index (χ3v) is 4.33. The fourth-order valence-corrected chi connectivity index (χ4v) is 3.61. The van der Waals surface area contributed by atoms with E-state index < -0.39 is 0 Å². The maximum absolute atomic E-state index is 3.76. The van der Waals surface area contributed by atoms with Crippen LogP contribution in [-0.4, -0.2) is 36.1 Å². The highest BCUT2D eigenvalue weighted by atomic mass is 15.2. The van der Waals surface area contributed by atoms with Crippen molar-refractivity contribution in [3.63, 3.8) is 0 Å². The number of piperidine rings is 1. The van der Waals surface area contributed by atoms with Crippen molar-refractivity contribution >= 4 is 0 Å². The lowest BCUT2D eigenvalue weighted by Gasteiger charge is -2.45. The molecular weight excluding hydrogens is 172 g/mol. The molecule has 0 aromatic rings. The van der Waals surface area contributed by atoms with Crippen molar-refractivity contribution in [3.05, 3.63) is 0 Å². The summed E-state index contributed by atoms with van der Waals surface area (Å²) in [5.74, 6) is 0. The Labute approximate surface area is 87.0 Å². The SMILES string of the molecule is C1CC2CN(C3CCCC3)CC(C1)N2. The van der Waals surface area contributed by atoms with E-state index in [1.165, 1.54) is 58.0 Å². The average molecular weight is 194 g/mol. The minimum atomic E-state index is 0.822. The predicted octanol–water partition coefficient (Wildman–Crippen LogP) is 1.76. The standard InChI is InChI=1S/C12H22N2/c1-2-7-12(6-1)14-8-10-4-3-5-11(9-14)13-10/h10-13H,1-9H2. The molecule has 3 fully saturated rings. The summed E-state index contributed by atoms with van der Waals surface area (Å²) >= 11 is 0. The van der Waals surface area contributed by atoms with Gasteiger partial charge < -0.3 is 5.32 Å². The van der Waals surface area contributed by atoms with Gasteiger partial charge in [-0.05, 0) is 25.7 Å². The summed E-state index contributed by atoms with van der Waals surface area (Å²) < 4.78 is 0. The highest BCUT2D eigenvalue weighted by Gasteiger charge is 2.33. The lowest BCUT2D eigenvalue weighted by molar-refractivity contribution is 0.0885. The van der Waals surface area contributed by atoms with Crippen LogP contribution in [0.15, 0.2) is 0 Å². The number of piperazine rings is 1. The van der Waals surface area contributed by atoms with Crippen LogP contribution in [0.25, 0.3) is 0 Å². The first kappa shape index (κ1) is 9.17. The van der Waals surface area contributed by atoms with Gasteiger partial charge in [0, 0.05) is 31.2 Å². The quantitative estimate of drug-likeness (QED) is 0.684. The summed E-state index contributed by atoms with van der Waals surface area (Å²) in [4.78, 5) is 2.79. The molecule has 2 unspecified atom stereocenters. The van der Waals surface area contributed by atoms with E-state index in [2.05, 4.69) is 10.2 Å². The Morgan fingerprint density at radius 2 is 1.43 bits per heavy atom. The van der Waals surface area contributed by atoms with E-state index >= 15 is 0 Å². The van der Waals surface area contributed by atoms with Gasteiger partial charge in [0.25, 0.3) is 0 Å². The molecule has 2 bridgehead atoms. The summed E-state index contributed by atoms with van der Waals surface area (Å²) in [6.07, 6.45) is 10.2. The van der Waals surface area contributed by atoms with Crippen molar-refractivity contribution in [2.45, 2.75) is 63.1 Å². The van der Waals surface area contributed by atoms with Crippen molar-refractivity contribution in [1.82, 2.24) is 10.2 Å². The van der Waals surface area contributed by atoms with Crippen molar-refractivity contribution in [3.8, 4) is 0 Å². The summed E-state index contributed by atoms with van der Waals surface area (Å²) in [5.41, 5.74) is 0. The van der Waals surface area contributed by atoms with Crippen LogP contribution in [0.2, 0.25) is 0 Å². The van der Waals surface area contributed by atoms with Crippen LogP contribution in [0.3, 0.4) is 0 Å². The van der Waals surface area contributed by atoms with E-state index in [4.69, 9.17) is 0 Å². The van der Waals surface area contributed by atoms with E-state index in [0.717, 1.165) is 18.1 Å². The molecule has 2 nitrogen and oxygen atoms in total. The van der Waals surface area contributed by atoms with Gasteiger partial charge in [0.1, 0.15) is 0 Å². The molecule has 1 N–H and O–H groups in total. The zero-order valence-electron chi connectivity index (χ0n) is 9.04. The molecule has 0 aromatic heterocycles. The monoisotopic (exact) mass is 194 g/mol. The third kappa shape index (κ3) is 1.70. The Morgan fingerprint density at radius 3 is 2.07 bits per heavy atom. The molecule has 2 heteroatoms. The number of hydrogen-bond acceptors (Lipinski definition) is 2. The van der Waals surface area contributed by atoms with Crippen molar-refractivity contribution < 1.29 is 0 Å². The van der Waals surface area contributed by atoms with Crippen molar-refractivity contribution in [2.24, 2.45) is 0 Å². The molecule has 0 amide bonds. The minimum absolute atomic E-state index is 0.822. The van der Waals surface area contributed by atoms with Gasteiger partial charge >= 0.3 is 0 Å². The molecule has 1 aliphatic carbocycles. The lowest BCUT2D eigenvalue weighted by atomic mass is 9.93. The molecular formula is C12H22N2. The lowest BCUT2D eigenvalue weighted by Crippen LogP contribution is -2.60. The Bertz CT molecular complexity index is 186. The maximum Gasteiger partial charge on any atom is 0.0198 e. The van der Waals surface area contributed by atoms with E-state index in [0.29, 0.717) is 0 Å². The van der Waals surface area contributed by atoms with Gasteiger partial charge in [-0.25, -0.2) is 0 Å². The molecule has 2 aliphatic heterocycles. The van der Waals surface area contributed by atoms with E-state index in [1.54, 1.807) is 0 Å². The summed E-state index contributed by atoms with van der Waals surface area (Å²) in [6, 6.07) is 2.59. The topological polar surface area (TPSA) is 15.3 Å². The van der Waals surface area contributed by atoms with E-state index in [-0.39, 0.29) is 0 Å². The Hall–Kier alpha value is -0.0800. The van der Waals surface area contributed by atoms with Crippen LogP contribution < -0.4 is 5.32 Å². The molecule has 2 atom stereocenters. The van der Waals surface area contributed by atoms with Gasteiger partial charge in [-0.15, -0.1) is 0 Å². The average Bonchev–Trinajstić information content (AvgIpc) is 2.69. The zero-order valence-corrected chi connectivity index (χ0v) is 9.04. The van der Waals surface area contributed by atoms with Gasteiger partial charge in [0.2, 0.25) is 0 Å². The third-order valence-electron chi connectivity index (χ3n) is 4.33. The number of hydrogen-bond donors (Lipinski definition) is 1. The first-order chi connectivity index (χ1) is 6.92. The van der Waals surface area contributed by atoms with Crippen LogP contribution in [0.1, 0.15) is 44.9 Å². The molecule has 0 spiro atoms.